The van der Waals surface area contributed by atoms with Crippen LogP contribution in [-0.4, -0.2) is 28.8 Å². The zero-order chi connectivity index (χ0) is 18.7. The first-order valence-corrected chi connectivity index (χ1v) is 7.81. The van der Waals surface area contributed by atoms with Gasteiger partial charge < -0.3 is 10.1 Å². The Labute approximate surface area is 149 Å². The number of anilines is 1. The number of carbonyl (C=O) groups excluding carboxylic acids is 2. The Morgan fingerprint density at radius 3 is 2.35 bits per heavy atom. The summed E-state index contributed by atoms with van der Waals surface area (Å²) in [5.41, 5.74) is 1.49. The van der Waals surface area contributed by atoms with Crippen LogP contribution >= 0.6 is 0 Å². The van der Waals surface area contributed by atoms with E-state index in [4.69, 9.17) is 4.74 Å². The number of ether oxygens (including phenoxy) is 1. The first kappa shape index (κ1) is 17.3. The average molecular weight is 353 g/mol. The molecular weight excluding hydrogens is 337 g/mol. The Morgan fingerprint density at radius 1 is 1.08 bits per heavy atom. The first-order chi connectivity index (χ1) is 12.5. The molecule has 0 saturated heterocycles. The lowest BCUT2D eigenvalue weighted by Crippen LogP contribution is -2.18. The molecule has 26 heavy (non-hydrogen) atoms. The highest BCUT2D eigenvalue weighted by atomic mass is 19.1. The molecule has 0 aliphatic rings. The lowest BCUT2D eigenvalue weighted by molar-refractivity contribution is 0.0601. The molecule has 6 nitrogen and oxygen atoms in total. The van der Waals surface area contributed by atoms with Crippen molar-refractivity contribution >= 4 is 17.7 Å². The van der Waals surface area contributed by atoms with Gasteiger partial charge in [0, 0.05) is 5.56 Å². The van der Waals surface area contributed by atoms with Crippen LogP contribution in [0.4, 0.5) is 10.2 Å². The Hall–Kier alpha value is -3.48. The molecule has 3 rings (SSSR count). The molecule has 0 bridgehead atoms. The smallest absolute Gasteiger partial charge is 0.343 e. The fourth-order valence-electron chi connectivity index (χ4n) is 2.53. The quantitative estimate of drug-likeness (QED) is 0.730. The fraction of sp³-hybridized carbons (Fsp3) is 0.105. The maximum atomic E-state index is 13.1. The number of aromatic nitrogens is 2. The van der Waals surface area contributed by atoms with E-state index in [0.717, 1.165) is 0 Å². The molecule has 1 N–H and O–H groups in total. The van der Waals surface area contributed by atoms with E-state index in [1.807, 2.05) is 18.2 Å². The van der Waals surface area contributed by atoms with Crippen molar-refractivity contribution < 1.29 is 18.7 Å². The van der Waals surface area contributed by atoms with Gasteiger partial charge in [0.2, 0.25) is 0 Å². The van der Waals surface area contributed by atoms with Gasteiger partial charge in [0.1, 0.15) is 11.4 Å². The Balaban J connectivity index is 2.07. The van der Waals surface area contributed by atoms with Gasteiger partial charge in [-0.05, 0) is 43.3 Å². The molecule has 132 valence electrons. The van der Waals surface area contributed by atoms with E-state index in [1.54, 1.807) is 19.1 Å². The minimum atomic E-state index is -0.612. The summed E-state index contributed by atoms with van der Waals surface area (Å²) in [5.74, 6) is -1.36. The lowest BCUT2D eigenvalue weighted by Gasteiger charge is -2.11. The Morgan fingerprint density at radius 2 is 1.73 bits per heavy atom. The molecule has 0 atom stereocenters. The van der Waals surface area contributed by atoms with Gasteiger partial charge in [0.05, 0.1) is 18.5 Å². The minimum Gasteiger partial charge on any atom is -0.465 e. The molecule has 2 aromatic carbocycles. The second-order valence-corrected chi connectivity index (χ2v) is 5.51. The van der Waals surface area contributed by atoms with Crippen molar-refractivity contribution in [2.45, 2.75) is 6.92 Å². The summed E-state index contributed by atoms with van der Waals surface area (Å²) in [7, 11) is 1.26. The summed E-state index contributed by atoms with van der Waals surface area (Å²) in [5, 5.41) is 7.04. The first-order valence-electron chi connectivity index (χ1n) is 7.81. The third-order valence-corrected chi connectivity index (χ3v) is 3.79. The predicted molar refractivity (Wildman–Crippen MR) is 94.0 cm³/mol. The van der Waals surface area contributed by atoms with Gasteiger partial charge in [0.15, 0.2) is 5.82 Å². The van der Waals surface area contributed by atoms with Gasteiger partial charge in [0.25, 0.3) is 5.91 Å². The second kappa shape index (κ2) is 7.18. The van der Waals surface area contributed by atoms with E-state index < -0.39 is 17.7 Å². The molecule has 0 fully saturated rings. The summed E-state index contributed by atoms with van der Waals surface area (Å²) in [6, 6.07) is 14.2. The van der Waals surface area contributed by atoms with Crippen LogP contribution in [0, 0.1) is 12.7 Å². The normalized spacial score (nSPS) is 10.4. The zero-order valence-electron chi connectivity index (χ0n) is 14.2. The third-order valence-electron chi connectivity index (χ3n) is 3.79. The topological polar surface area (TPSA) is 73.2 Å². The molecule has 7 heteroatoms. The van der Waals surface area contributed by atoms with Gasteiger partial charge in [-0.3, -0.25) is 4.79 Å². The molecule has 1 aromatic heterocycles. The molecule has 0 aliphatic carbocycles. The number of aryl methyl sites for hydroxylation is 1. The summed E-state index contributed by atoms with van der Waals surface area (Å²) in [6.45, 7) is 1.65. The summed E-state index contributed by atoms with van der Waals surface area (Å²) in [6.07, 6.45) is 0. The van der Waals surface area contributed by atoms with Gasteiger partial charge in [-0.2, -0.15) is 5.10 Å². The van der Waals surface area contributed by atoms with Crippen LogP contribution in [0.3, 0.4) is 0 Å². The van der Waals surface area contributed by atoms with Crippen LogP contribution in [-0.2, 0) is 4.74 Å². The SMILES string of the molecule is COC(=O)c1c(C)nn(-c2ccccc2)c1NC(=O)c1ccc(F)cc1. The molecule has 3 aromatic rings. The van der Waals surface area contributed by atoms with E-state index in [9.17, 15) is 14.0 Å². The van der Waals surface area contributed by atoms with Gasteiger partial charge in [-0.15, -0.1) is 0 Å². The summed E-state index contributed by atoms with van der Waals surface area (Å²) >= 11 is 0. The number of benzene rings is 2. The maximum absolute atomic E-state index is 13.1. The molecule has 1 amide bonds. The van der Waals surface area contributed by atoms with Gasteiger partial charge >= 0.3 is 5.97 Å². The predicted octanol–water partition coefficient (Wildman–Crippen LogP) is 3.36. The lowest BCUT2D eigenvalue weighted by atomic mass is 10.2. The van der Waals surface area contributed by atoms with Crippen LogP contribution in [0.5, 0.6) is 0 Å². The number of nitrogens with zero attached hydrogens (tertiary/aromatic N) is 2. The van der Waals surface area contributed by atoms with Crippen molar-refractivity contribution in [2.75, 3.05) is 12.4 Å². The van der Waals surface area contributed by atoms with E-state index in [2.05, 4.69) is 10.4 Å². The molecule has 0 spiro atoms. The minimum absolute atomic E-state index is 0.159. The van der Waals surface area contributed by atoms with E-state index in [0.29, 0.717) is 11.4 Å². The number of hydrogen-bond donors (Lipinski definition) is 1. The number of hydrogen-bond acceptors (Lipinski definition) is 4. The Kier molecular flexibility index (Phi) is 4.79. The molecule has 0 radical (unpaired) electrons. The summed E-state index contributed by atoms with van der Waals surface area (Å²) < 4.78 is 19.4. The monoisotopic (exact) mass is 353 g/mol. The zero-order valence-corrected chi connectivity index (χ0v) is 14.2. The van der Waals surface area contributed by atoms with Crippen LogP contribution in [0.2, 0.25) is 0 Å². The molecule has 0 saturated carbocycles. The molecule has 1 heterocycles. The van der Waals surface area contributed by atoms with Crippen LogP contribution in [0.15, 0.2) is 54.6 Å². The van der Waals surface area contributed by atoms with Crippen LogP contribution in [0.25, 0.3) is 5.69 Å². The molecule has 0 unspecified atom stereocenters. The van der Waals surface area contributed by atoms with Crippen molar-refractivity contribution in [1.82, 2.24) is 9.78 Å². The maximum Gasteiger partial charge on any atom is 0.343 e. The number of halogens is 1. The Bertz CT molecular complexity index is 950. The average Bonchev–Trinajstić information content (AvgIpc) is 2.98. The highest BCUT2D eigenvalue weighted by Gasteiger charge is 2.25. The number of esters is 1. The van der Waals surface area contributed by atoms with E-state index in [-0.39, 0.29) is 16.9 Å². The fourth-order valence-corrected chi connectivity index (χ4v) is 2.53. The number of carbonyl (C=O) groups is 2. The van der Waals surface area contributed by atoms with Crippen molar-refractivity contribution in [2.24, 2.45) is 0 Å². The second-order valence-electron chi connectivity index (χ2n) is 5.51. The van der Waals surface area contributed by atoms with Crippen LogP contribution < -0.4 is 5.32 Å². The highest BCUT2D eigenvalue weighted by Crippen LogP contribution is 2.25. The number of para-hydroxylation sites is 1. The molecular formula is C19H16FN3O3. The van der Waals surface area contributed by atoms with E-state index >= 15 is 0 Å². The molecule has 0 aliphatic heterocycles. The number of amides is 1. The van der Waals surface area contributed by atoms with Crippen LogP contribution in [0.1, 0.15) is 26.4 Å². The van der Waals surface area contributed by atoms with Crippen molar-refractivity contribution in [1.29, 1.82) is 0 Å². The summed E-state index contributed by atoms with van der Waals surface area (Å²) in [4.78, 5) is 24.7. The van der Waals surface area contributed by atoms with Crippen molar-refractivity contribution in [3.63, 3.8) is 0 Å². The van der Waals surface area contributed by atoms with E-state index in [1.165, 1.54) is 36.1 Å². The van der Waals surface area contributed by atoms with Crippen molar-refractivity contribution in [3.8, 4) is 5.69 Å². The largest absolute Gasteiger partial charge is 0.465 e. The van der Waals surface area contributed by atoms with Gasteiger partial charge in [-0.25, -0.2) is 13.9 Å². The van der Waals surface area contributed by atoms with Crippen molar-refractivity contribution in [3.05, 3.63) is 77.2 Å². The number of nitrogens with one attached hydrogen (secondary N) is 1. The number of rotatable bonds is 4. The number of methoxy groups -OCH3 is 1. The standard InChI is InChI=1S/C19H16FN3O3/c1-12-16(19(25)26-2)17(23(22-12)15-6-4-3-5-7-15)21-18(24)13-8-10-14(20)11-9-13/h3-11H,1-2H3,(H,21,24). The van der Waals surface area contributed by atoms with Gasteiger partial charge in [-0.1, -0.05) is 18.2 Å². The highest BCUT2D eigenvalue weighted by molar-refractivity contribution is 6.07. The third kappa shape index (κ3) is 3.32.